The maximum absolute atomic E-state index is 13.3. The lowest BCUT2D eigenvalue weighted by molar-refractivity contribution is -0.124. The summed E-state index contributed by atoms with van der Waals surface area (Å²) in [5, 5.41) is 13.7. The number of amides is 2. The summed E-state index contributed by atoms with van der Waals surface area (Å²) in [5.41, 5.74) is 1.92. The van der Waals surface area contributed by atoms with Crippen LogP contribution < -0.4 is 10.6 Å². The van der Waals surface area contributed by atoms with Gasteiger partial charge in [0.25, 0.3) is 11.1 Å². The van der Waals surface area contributed by atoms with Crippen LogP contribution in [-0.4, -0.2) is 40.1 Å². The lowest BCUT2D eigenvalue weighted by Gasteiger charge is -2.24. The van der Waals surface area contributed by atoms with Gasteiger partial charge in [-0.1, -0.05) is 100 Å². The average Bonchev–Trinajstić information content (AvgIpc) is 3.39. The molecule has 2 amide bonds. The molecule has 3 rings (SSSR count). The lowest BCUT2D eigenvalue weighted by Crippen LogP contribution is -2.52. The SMILES string of the molecule is CC(C)C[C@H](NC(=O)OCc1ccccc1)C(=O)N[C@@H](CC(C)C)C(=O)c1nnc(SCc2ccccc2)o1. The van der Waals surface area contributed by atoms with E-state index in [1.54, 1.807) is 0 Å². The van der Waals surface area contributed by atoms with Crippen LogP contribution in [0.25, 0.3) is 0 Å². The maximum atomic E-state index is 13.3. The number of ketones is 1. The van der Waals surface area contributed by atoms with Gasteiger partial charge < -0.3 is 19.8 Å². The molecule has 39 heavy (non-hydrogen) atoms. The monoisotopic (exact) mass is 552 g/mol. The molecule has 2 aromatic carbocycles. The van der Waals surface area contributed by atoms with Gasteiger partial charge in [-0.15, -0.1) is 10.2 Å². The number of hydrogen-bond donors (Lipinski definition) is 2. The van der Waals surface area contributed by atoms with Crippen molar-refractivity contribution in [3.8, 4) is 0 Å². The third-order valence-electron chi connectivity index (χ3n) is 5.69. The summed E-state index contributed by atoms with van der Waals surface area (Å²) in [6.45, 7) is 7.87. The molecule has 0 fully saturated rings. The number of nitrogens with one attached hydrogen (secondary N) is 2. The minimum absolute atomic E-state index is 0.0823. The molecular formula is C29H36N4O5S. The van der Waals surface area contributed by atoms with Gasteiger partial charge in [0.05, 0.1) is 6.04 Å². The molecule has 9 nitrogen and oxygen atoms in total. The predicted octanol–water partition coefficient (Wildman–Crippen LogP) is 5.42. The molecule has 2 N–H and O–H groups in total. The molecule has 1 heterocycles. The van der Waals surface area contributed by atoms with Gasteiger partial charge in [0.2, 0.25) is 11.7 Å². The molecule has 1 aromatic heterocycles. The van der Waals surface area contributed by atoms with Crippen molar-refractivity contribution in [1.29, 1.82) is 0 Å². The Morgan fingerprint density at radius 3 is 2.03 bits per heavy atom. The Bertz CT molecular complexity index is 1200. The van der Waals surface area contributed by atoms with Crippen LogP contribution in [0.5, 0.6) is 0 Å². The summed E-state index contributed by atoms with van der Waals surface area (Å²) >= 11 is 1.33. The van der Waals surface area contributed by atoms with Crippen molar-refractivity contribution in [2.75, 3.05) is 0 Å². The van der Waals surface area contributed by atoms with Gasteiger partial charge >= 0.3 is 6.09 Å². The Kier molecular flexibility index (Phi) is 11.5. The Morgan fingerprint density at radius 2 is 1.41 bits per heavy atom. The molecular weight excluding hydrogens is 516 g/mol. The van der Waals surface area contributed by atoms with E-state index in [9.17, 15) is 14.4 Å². The van der Waals surface area contributed by atoms with Gasteiger partial charge in [0.1, 0.15) is 12.6 Å². The molecule has 0 aliphatic rings. The van der Waals surface area contributed by atoms with E-state index >= 15 is 0 Å². The van der Waals surface area contributed by atoms with Crippen LogP contribution >= 0.6 is 11.8 Å². The normalized spacial score (nSPS) is 12.7. The highest BCUT2D eigenvalue weighted by molar-refractivity contribution is 7.98. The number of aromatic nitrogens is 2. The van der Waals surface area contributed by atoms with Crippen LogP contribution in [0.15, 0.2) is 70.3 Å². The van der Waals surface area contributed by atoms with Crippen LogP contribution in [0.1, 0.15) is 62.3 Å². The summed E-state index contributed by atoms with van der Waals surface area (Å²) in [6.07, 6.45) is 0.0329. The lowest BCUT2D eigenvalue weighted by atomic mass is 9.98. The van der Waals surface area contributed by atoms with Gasteiger partial charge in [-0.25, -0.2) is 4.79 Å². The number of ether oxygens (including phenoxy) is 1. The fourth-order valence-corrected chi connectivity index (χ4v) is 4.54. The standard InChI is InChI=1S/C29H36N4O5S/c1-19(2)15-23(25(34)27-32-33-29(38-27)39-18-22-13-9-6-10-14-22)30-26(35)24(16-20(3)4)31-28(36)37-17-21-11-7-5-8-12-21/h5-14,19-20,23-24H,15-18H2,1-4H3,(H,30,35)(H,31,36)/t23-,24-/m0/s1. The van der Waals surface area contributed by atoms with Crippen molar-refractivity contribution in [3.63, 3.8) is 0 Å². The Hall–Kier alpha value is -3.66. The molecule has 0 bridgehead atoms. The minimum Gasteiger partial charge on any atom is -0.445 e. The van der Waals surface area contributed by atoms with Crippen LogP contribution in [-0.2, 0) is 21.9 Å². The second-order valence-corrected chi connectivity index (χ2v) is 11.0. The maximum Gasteiger partial charge on any atom is 0.408 e. The highest BCUT2D eigenvalue weighted by atomic mass is 32.2. The number of benzene rings is 2. The van der Waals surface area contributed by atoms with Gasteiger partial charge in [-0.2, -0.15) is 0 Å². The van der Waals surface area contributed by atoms with E-state index in [4.69, 9.17) is 9.15 Å². The van der Waals surface area contributed by atoms with Gasteiger partial charge in [-0.05, 0) is 35.8 Å². The van der Waals surface area contributed by atoms with Crippen LogP contribution in [0.4, 0.5) is 4.79 Å². The zero-order valence-electron chi connectivity index (χ0n) is 22.8. The summed E-state index contributed by atoms with van der Waals surface area (Å²) in [6, 6.07) is 17.3. The van der Waals surface area contributed by atoms with Crippen molar-refractivity contribution in [1.82, 2.24) is 20.8 Å². The predicted molar refractivity (Wildman–Crippen MR) is 149 cm³/mol. The molecule has 0 radical (unpaired) electrons. The summed E-state index contributed by atoms with van der Waals surface area (Å²) in [7, 11) is 0. The van der Waals surface area contributed by atoms with Crippen LogP contribution in [0, 0.1) is 11.8 Å². The minimum atomic E-state index is -0.887. The van der Waals surface area contributed by atoms with E-state index in [0.717, 1.165) is 11.1 Å². The van der Waals surface area contributed by atoms with E-state index in [2.05, 4.69) is 20.8 Å². The molecule has 10 heteroatoms. The van der Waals surface area contributed by atoms with Crippen LogP contribution in [0.2, 0.25) is 0 Å². The van der Waals surface area contributed by atoms with Crippen molar-refractivity contribution in [2.45, 2.75) is 70.2 Å². The first-order valence-corrected chi connectivity index (χ1v) is 14.0. The summed E-state index contributed by atoms with van der Waals surface area (Å²) in [4.78, 5) is 39.1. The second-order valence-electron chi connectivity index (χ2n) is 10.1. The number of carbonyl (C=O) groups is 3. The van der Waals surface area contributed by atoms with Crippen LogP contribution in [0.3, 0.4) is 0 Å². The average molecular weight is 553 g/mol. The summed E-state index contributed by atoms with van der Waals surface area (Å²) in [5.74, 6) is -0.280. The van der Waals surface area contributed by atoms with E-state index in [1.165, 1.54) is 11.8 Å². The number of Topliss-reactive ketones (excluding diaryl/α,β-unsaturated/α-hetero) is 1. The van der Waals surface area contributed by atoms with Gasteiger partial charge in [0.15, 0.2) is 0 Å². The molecule has 0 saturated heterocycles. The molecule has 0 saturated carbocycles. The van der Waals surface area contributed by atoms with Gasteiger partial charge in [-0.3, -0.25) is 9.59 Å². The zero-order valence-corrected chi connectivity index (χ0v) is 23.6. The van der Waals surface area contributed by atoms with E-state index < -0.39 is 29.9 Å². The topological polar surface area (TPSA) is 123 Å². The molecule has 3 aromatic rings. The number of thioether (sulfide) groups is 1. The molecule has 0 spiro atoms. The van der Waals surface area contributed by atoms with Crippen molar-refractivity contribution < 1.29 is 23.5 Å². The smallest absolute Gasteiger partial charge is 0.408 e. The number of nitrogens with zero attached hydrogens (tertiary/aromatic N) is 2. The Balaban J connectivity index is 1.64. The zero-order chi connectivity index (χ0) is 28.2. The number of alkyl carbamates (subject to hydrolysis) is 1. The number of hydrogen-bond acceptors (Lipinski definition) is 8. The third-order valence-corrected chi connectivity index (χ3v) is 6.58. The van der Waals surface area contributed by atoms with Gasteiger partial charge in [0, 0.05) is 5.75 Å². The molecule has 0 aliphatic carbocycles. The van der Waals surface area contributed by atoms with Crippen molar-refractivity contribution >= 4 is 29.5 Å². The highest BCUT2D eigenvalue weighted by Gasteiger charge is 2.31. The number of rotatable bonds is 14. The molecule has 0 aliphatic heterocycles. The van der Waals surface area contributed by atoms with E-state index in [0.29, 0.717) is 18.6 Å². The molecule has 208 valence electrons. The third kappa shape index (κ3) is 10.2. The quantitative estimate of drug-likeness (QED) is 0.201. The molecule has 0 unspecified atom stereocenters. The fourth-order valence-electron chi connectivity index (χ4n) is 3.82. The van der Waals surface area contributed by atoms with E-state index in [1.807, 2.05) is 88.4 Å². The summed E-state index contributed by atoms with van der Waals surface area (Å²) < 4.78 is 10.9. The highest BCUT2D eigenvalue weighted by Crippen LogP contribution is 2.22. The van der Waals surface area contributed by atoms with Crippen molar-refractivity contribution in [3.05, 3.63) is 77.7 Å². The largest absolute Gasteiger partial charge is 0.445 e. The first kappa shape index (κ1) is 29.9. The number of carbonyl (C=O) groups excluding carboxylic acids is 3. The Labute approximate surface area is 233 Å². The Morgan fingerprint density at radius 1 is 0.821 bits per heavy atom. The van der Waals surface area contributed by atoms with E-state index in [-0.39, 0.29) is 29.6 Å². The fraction of sp³-hybridized carbons (Fsp3) is 0.414. The van der Waals surface area contributed by atoms with Crippen molar-refractivity contribution in [2.24, 2.45) is 11.8 Å². The first-order chi connectivity index (χ1) is 18.7. The molecule has 2 atom stereocenters. The second kappa shape index (κ2) is 15.1. The first-order valence-electron chi connectivity index (χ1n) is 13.0.